The number of likely N-dealkylation sites (N-methyl/N-ethyl adjacent to an activating group) is 1. The predicted molar refractivity (Wildman–Crippen MR) is 139 cm³/mol. The van der Waals surface area contributed by atoms with Crippen molar-refractivity contribution in [1.82, 2.24) is 24.6 Å². The van der Waals surface area contributed by atoms with Gasteiger partial charge in [-0.1, -0.05) is 29.3 Å². The third-order valence-electron chi connectivity index (χ3n) is 6.42. The van der Waals surface area contributed by atoms with Gasteiger partial charge >= 0.3 is 0 Å². The molecule has 2 aromatic heterocycles. The van der Waals surface area contributed by atoms with E-state index in [0.29, 0.717) is 21.5 Å². The number of rotatable bonds is 5. The molecule has 2 aromatic carbocycles. The number of nitrogens with zero attached hydrogens (tertiary/aromatic N) is 5. The first kappa shape index (κ1) is 23.6. The van der Waals surface area contributed by atoms with Gasteiger partial charge in [0.1, 0.15) is 0 Å². The molecule has 4 aromatic rings. The molecule has 180 valence electrons. The summed E-state index contributed by atoms with van der Waals surface area (Å²) >= 11 is 12.8. The molecule has 3 heterocycles. The average molecular weight is 509 g/mol. The maximum atomic E-state index is 6.38. The molecule has 0 amide bonds. The summed E-state index contributed by atoms with van der Waals surface area (Å²) in [6.45, 7) is 6.11. The minimum atomic E-state index is -0.195. The number of aromatic nitrogens is 4. The normalized spacial score (nSPS) is 14.5. The highest BCUT2D eigenvalue weighted by Gasteiger charge is 2.19. The summed E-state index contributed by atoms with van der Waals surface area (Å²) in [6, 6.07) is 9.58. The van der Waals surface area contributed by atoms with Crippen LogP contribution in [0.4, 0.5) is 5.82 Å². The third kappa shape index (κ3) is 4.72. The topological polar surface area (TPSA) is 82.1 Å². The predicted octanol–water partition coefficient (Wildman–Crippen LogP) is 5.93. The van der Waals surface area contributed by atoms with Crippen molar-refractivity contribution >= 4 is 29.0 Å². The van der Waals surface area contributed by atoms with Crippen LogP contribution in [0.2, 0.25) is 10.0 Å². The fourth-order valence-corrected chi connectivity index (χ4v) is 5.26. The van der Waals surface area contributed by atoms with Crippen LogP contribution in [0.3, 0.4) is 0 Å². The van der Waals surface area contributed by atoms with E-state index in [1.165, 1.54) is 16.7 Å². The summed E-state index contributed by atoms with van der Waals surface area (Å²) in [4.78, 5) is 11.3. The molecule has 0 saturated heterocycles. The highest BCUT2D eigenvalue weighted by Crippen LogP contribution is 2.34. The van der Waals surface area contributed by atoms with Crippen molar-refractivity contribution in [3.63, 3.8) is 0 Å². The van der Waals surface area contributed by atoms with Crippen LogP contribution in [0.25, 0.3) is 11.3 Å². The highest BCUT2D eigenvalue weighted by molar-refractivity contribution is 6.36. The Kier molecular flexibility index (Phi) is 6.40. The van der Waals surface area contributed by atoms with Crippen LogP contribution < -0.4 is 10.5 Å². The summed E-state index contributed by atoms with van der Waals surface area (Å²) in [6.07, 6.45) is 6.10. The molecule has 0 spiro atoms. The van der Waals surface area contributed by atoms with Gasteiger partial charge in [-0.25, -0.2) is 9.97 Å². The molecule has 0 saturated carbocycles. The monoisotopic (exact) mass is 508 g/mol. The molecular weight excluding hydrogens is 483 g/mol. The molecule has 0 fully saturated rings. The van der Waals surface area contributed by atoms with Gasteiger partial charge in [0, 0.05) is 34.3 Å². The Morgan fingerprint density at radius 1 is 1.14 bits per heavy atom. The zero-order valence-electron chi connectivity index (χ0n) is 19.8. The van der Waals surface area contributed by atoms with E-state index in [1.807, 2.05) is 25.1 Å². The number of hydrogen-bond acceptors (Lipinski definition) is 6. The number of anilines is 1. The Bertz CT molecular complexity index is 1380. The summed E-state index contributed by atoms with van der Waals surface area (Å²) in [5.41, 5.74) is 12.6. The van der Waals surface area contributed by atoms with Crippen LogP contribution in [-0.4, -0.2) is 38.2 Å². The first-order valence-corrected chi connectivity index (χ1v) is 12.2. The Labute approximate surface area is 214 Å². The van der Waals surface area contributed by atoms with E-state index in [9.17, 15) is 0 Å². The van der Waals surface area contributed by atoms with E-state index < -0.39 is 0 Å². The fraction of sp³-hybridized carbons (Fsp3) is 0.269. The van der Waals surface area contributed by atoms with Crippen molar-refractivity contribution in [3.05, 3.63) is 81.2 Å². The van der Waals surface area contributed by atoms with Crippen LogP contribution in [-0.2, 0) is 13.0 Å². The first-order valence-electron chi connectivity index (χ1n) is 11.4. The molecule has 7 nitrogen and oxygen atoms in total. The Balaban J connectivity index is 1.42. The number of nitrogens with two attached hydrogens (primary N) is 1. The van der Waals surface area contributed by atoms with Crippen LogP contribution in [0.15, 0.2) is 48.9 Å². The summed E-state index contributed by atoms with van der Waals surface area (Å²) in [5, 5.41) is 5.59. The Morgan fingerprint density at radius 2 is 1.91 bits per heavy atom. The van der Waals surface area contributed by atoms with Crippen molar-refractivity contribution in [2.24, 2.45) is 0 Å². The second-order valence-electron chi connectivity index (χ2n) is 8.93. The quantitative estimate of drug-likeness (QED) is 0.359. The molecule has 1 atom stereocenters. The van der Waals surface area contributed by atoms with Gasteiger partial charge in [0.05, 0.1) is 30.3 Å². The largest absolute Gasteiger partial charge is 0.433 e. The summed E-state index contributed by atoms with van der Waals surface area (Å²) < 4.78 is 7.74. The van der Waals surface area contributed by atoms with E-state index in [4.69, 9.17) is 33.7 Å². The lowest BCUT2D eigenvalue weighted by Gasteiger charge is -2.27. The third-order valence-corrected chi connectivity index (χ3v) is 7.08. The van der Waals surface area contributed by atoms with Crippen LogP contribution in [0.5, 0.6) is 11.6 Å². The van der Waals surface area contributed by atoms with E-state index in [-0.39, 0.29) is 17.7 Å². The minimum absolute atomic E-state index is 0.195. The molecule has 0 bridgehead atoms. The Hall–Kier alpha value is -3.13. The molecule has 1 aliphatic heterocycles. The fourth-order valence-electron chi connectivity index (χ4n) is 4.54. The number of aryl methyl sites for hydroxylation is 1. The Morgan fingerprint density at radius 3 is 2.69 bits per heavy atom. The van der Waals surface area contributed by atoms with E-state index in [2.05, 4.69) is 46.1 Å². The summed E-state index contributed by atoms with van der Waals surface area (Å²) in [5.74, 6) is 0.928. The smallest absolute Gasteiger partial charge is 0.263 e. The maximum absolute atomic E-state index is 6.38. The lowest BCUT2D eigenvalue weighted by atomic mass is 9.92. The van der Waals surface area contributed by atoms with Crippen molar-refractivity contribution in [2.75, 3.05) is 19.3 Å². The zero-order chi connectivity index (χ0) is 24.7. The van der Waals surface area contributed by atoms with Crippen molar-refractivity contribution in [2.45, 2.75) is 32.9 Å². The lowest BCUT2D eigenvalue weighted by Crippen LogP contribution is -2.27. The van der Waals surface area contributed by atoms with Crippen LogP contribution >= 0.6 is 23.2 Å². The SMILES string of the molecule is Cc1cc(-c2cnc(N)c(Oc3cnn(C(C)c4c(Cl)cccc4Cl)c3)n2)cc2c1CCN(C)C2. The molecule has 0 aliphatic carbocycles. The number of ether oxygens (including phenoxy) is 1. The number of nitrogen functional groups attached to an aromatic ring is 1. The second-order valence-corrected chi connectivity index (χ2v) is 9.75. The van der Waals surface area contributed by atoms with Crippen molar-refractivity contribution in [3.8, 4) is 22.9 Å². The van der Waals surface area contributed by atoms with Gasteiger partial charge in [-0.15, -0.1) is 0 Å². The second kappa shape index (κ2) is 9.49. The van der Waals surface area contributed by atoms with Gasteiger partial charge in [-0.3, -0.25) is 4.68 Å². The van der Waals surface area contributed by atoms with Crippen LogP contribution in [0.1, 0.15) is 35.2 Å². The molecule has 5 rings (SSSR count). The van der Waals surface area contributed by atoms with Gasteiger partial charge in [-0.05, 0) is 68.3 Å². The number of hydrogen-bond donors (Lipinski definition) is 1. The lowest BCUT2D eigenvalue weighted by molar-refractivity contribution is 0.312. The average Bonchev–Trinajstić information content (AvgIpc) is 3.28. The van der Waals surface area contributed by atoms with Crippen molar-refractivity contribution < 1.29 is 4.74 Å². The first-order chi connectivity index (χ1) is 16.8. The van der Waals surface area contributed by atoms with E-state index in [0.717, 1.165) is 30.6 Å². The number of halogens is 2. The molecule has 1 aliphatic rings. The van der Waals surface area contributed by atoms with Crippen molar-refractivity contribution in [1.29, 1.82) is 0 Å². The van der Waals surface area contributed by atoms with E-state index in [1.54, 1.807) is 23.3 Å². The summed E-state index contributed by atoms with van der Waals surface area (Å²) in [7, 11) is 2.14. The standard InChI is InChI=1S/C26H26Cl2N6O/c1-15-9-17(10-18-13-33(3)8-7-20(15)18)23-12-30-25(29)26(32-23)35-19-11-31-34(14-19)16(2)24-21(27)5-4-6-22(24)28/h4-6,9-12,14,16H,7-8,13H2,1-3H3,(H2,29,30). The number of benzene rings is 2. The molecule has 9 heteroatoms. The van der Waals surface area contributed by atoms with Gasteiger partial charge in [0.15, 0.2) is 11.6 Å². The maximum Gasteiger partial charge on any atom is 0.263 e. The molecule has 0 radical (unpaired) electrons. The minimum Gasteiger partial charge on any atom is -0.433 e. The molecule has 35 heavy (non-hydrogen) atoms. The van der Waals surface area contributed by atoms with Gasteiger partial charge in [0.2, 0.25) is 0 Å². The van der Waals surface area contributed by atoms with Gasteiger partial charge < -0.3 is 15.4 Å². The highest BCUT2D eigenvalue weighted by atomic mass is 35.5. The number of fused-ring (bicyclic) bond motifs is 1. The van der Waals surface area contributed by atoms with E-state index >= 15 is 0 Å². The molecule has 1 unspecified atom stereocenters. The van der Waals surface area contributed by atoms with Gasteiger partial charge in [0.25, 0.3) is 5.88 Å². The molecular formula is C26H26Cl2N6O. The van der Waals surface area contributed by atoms with Gasteiger partial charge in [-0.2, -0.15) is 5.10 Å². The van der Waals surface area contributed by atoms with Crippen LogP contribution in [0, 0.1) is 6.92 Å². The molecule has 2 N–H and O–H groups in total. The zero-order valence-corrected chi connectivity index (χ0v) is 21.3.